The minimum atomic E-state index is -0.796. The van der Waals surface area contributed by atoms with Crippen molar-refractivity contribution < 1.29 is 4.79 Å². The number of carbonyl (C=O) groups excluding carboxylic acids is 1. The molecular weight excluding hydrogens is 354 g/mol. The molecule has 1 amide bonds. The molecule has 0 saturated carbocycles. The van der Waals surface area contributed by atoms with Gasteiger partial charge in [-0.2, -0.15) is 5.10 Å². The van der Waals surface area contributed by atoms with Crippen LogP contribution in [-0.4, -0.2) is 25.5 Å². The molecule has 134 valence electrons. The largest absolute Gasteiger partial charge is 0.324 e. The van der Waals surface area contributed by atoms with E-state index in [1.165, 1.54) is 6.07 Å². The highest BCUT2D eigenvalue weighted by Gasteiger charge is 2.19. The lowest BCUT2D eigenvalue weighted by molar-refractivity contribution is -0.119. The Kier molecular flexibility index (Phi) is 4.90. The number of hydrogen-bond acceptors (Lipinski definition) is 4. The van der Waals surface area contributed by atoms with E-state index in [9.17, 15) is 9.59 Å². The highest BCUT2D eigenvalue weighted by atomic mass is 35.5. The normalized spacial score (nSPS) is 12.0. The number of aryl methyl sites for hydroxylation is 2. The smallest absolute Gasteiger partial charge is 0.267 e. The van der Waals surface area contributed by atoms with Crippen molar-refractivity contribution >= 4 is 23.2 Å². The summed E-state index contributed by atoms with van der Waals surface area (Å²) in [5, 5.41) is 12.0. The van der Waals surface area contributed by atoms with Crippen LogP contribution in [0.3, 0.4) is 0 Å². The van der Waals surface area contributed by atoms with Gasteiger partial charge < -0.3 is 5.32 Å². The maximum absolute atomic E-state index is 12.5. The fraction of sp³-hybridized carbons (Fsp3) is 0.222. The Morgan fingerprint density at radius 1 is 1.12 bits per heavy atom. The Morgan fingerprint density at radius 2 is 1.81 bits per heavy atom. The van der Waals surface area contributed by atoms with Gasteiger partial charge in [0.15, 0.2) is 5.82 Å². The minimum absolute atomic E-state index is 0.354. The number of anilines is 1. The third-order valence-electron chi connectivity index (χ3n) is 3.90. The van der Waals surface area contributed by atoms with Crippen LogP contribution in [0.15, 0.2) is 47.3 Å². The van der Waals surface area contributed by atoms with E-state index in [4.69, 9.17) is 11.6 Å². The first-order valence-electron chi connectivity index (χ1n) is 8.05. The summed E-state index contributed by atoms with van der Waals surface area (Å²) in [6.07, 6.45) is 0. The predicted octanol–water partition coefficient (Wildman–Crippen LogP) is 2.90. The quantitative estimate of drug-likeness (QED) is 0.764. The molecule has 7 nitrogen and oxygen atoms in total. The summed E-state index contributed by atoms with van der Waals surface area (Å²) in [5.41, 5.74) is 1.96. The molecule has 1 unspecified atom stereocenters. The first-order chi connectivity index (χ1) is 12.3. The van der Waals surface area contributed by atoms with E-state index in [0.717, 1.165) is 16.1 Å². The standard InChI is InChI=1S/C18H18ClN5O2/c1-11-10-12(2)23(21-11)16-8-9-17(25)24(22-16)13(3)18(26)20-15-6-4-14(19)5-7-15/h4-10,13H,1-3H3,(H,20,26). The fourth-order valence-corrected chi connectivity index (χ4v) is 2.68. The van der Waals surface area contributed by atoms with E-state index in [-0.39, 0.29) is 11.5 Å². The fourth-order valence-electron chi connectivity index (χ4n) is 2.56. The molecule has 0 saturated heterocycles. The van der Waals surface area contributed by atoms with E-state index in [1.54, 1.807) is 41.9 Å². The molecular formula is C18H18ClN5O2. The number of amides is 1. The van der Waals surface area contributed by atoms with Crippen molar-refractivity contribution in [1.29, 1.82) is 0 Å². The molecule has 0 aliphatic rings. The summed E-state index contributed by atoms with van der Waals surface area (Å²) in [5.74, 6) is 0.119. The summed E-state index contributed by atoms with van der Waals surface area (Å²) in [4.78, 5) is 24.7. The van der Waals surface area contributed by atoms with E-state index < -0.39 is 6.04 Å². The molecule has 0 bridgehead atoms. The second-order valence-electron chi connectivity index (χ2n) is 5.99. The highest BCUT2D eigenvalue weighted by molar-refractivity contribution is 6.30. The van der Waals surface area contributed by atoms with Crippen LogP contribution in [-0.2, 0) is 4.79 Å². The number of rotatable bonds is 4. The molecule has 2 aromatic heterocycles. The SMILES string of the molecule is Cc1cc(C)n(-c2ccc(=O)n(C(C)C(=O)Nc3ccc(Cl)cc3)n2)n1. The molecule has 0 aliphatic carbocycles. The molecule has 0 spiro atoms. The topological polar surface area (TPSA) is 81.8 Å². The molecule has 8 heteroatoms. The van der Waals surface area contributed by atoms with E-state index in [0.29, 0.717) is 16.5 Å². The Labute approximate surface area is 155 Å². The van der Waals surface area contributed by atoms with Crippen LogP contribution >= 0.6 is 11.6 Å². The van der Waals surface area contributed by atoms with Gasteiger partial charge >= 0.3 is 0 Å². The summed E-state index contributed by atoms with van der Waals surface area (Å²) in [6, 6.07) is 10.8. The molecule has 1 N–H and O–H groups in total. The summed E-state index contributed by atoms with van der Waals surface area (Å²) in [6.45, 7) is 5.39. The van der Waals surface area contributed by atoms with Gasteiger partial charge in [-0.05, 0) is 57.2 Å². The molecule has 26 heavy (non-hydrogen) atoms. The van der Waals surface area contributed by atoms with Crippen molar-refractivity contribution in [3.63, 3.8) is 0 Å². The average molecular weight is 372 g/mol. The molecule has 3 rings (SSSR count). The van der Waals surface area contributed by atoms with Crippen LogP contribution in [0.1, 0.15) is 24.4 Å². The van der Waals surface area contributed by atoms with Crippen LogP contribution in [0.5, 0.6) is 0 Å². The van der Waals surface area contributed by atoms with Gasteiger partial charge in [-0.3, -0.25) is 9.59 Å². The first kappa shape index (κ1) is 17.9. The second kappa shape index (κ2) is 7.13. The van der Waals surface area contributed by atoms with E-state index in [2.05, 4.69) is 15.5 Å². The third kappa shape index (κ3) is 3.67. The van der Waals surface area contributed by atoms with Gasteiger partial charge in [0.05, 0.1) is 5.69 Å². The van der Waals surface area contributed by atoms with Gasteiger partial charge in [-0.1, -0.05) is 11.6 Å². The van der Waals surface area contributed by atoms with Gasteiger partial charge in [0, 0.05) is 22.5 Å². The minimum Gasteiger partial charge on any atom is -0.324 e. The van der Waals surface area contributed by atoms with Crippen molar-refractivity contribution in [2.24, 2.45) is 0 Å². The highest BCUT2D eigenvalue weighted by Crippen LogP contribution is 2.15. The lowest BCUT2D eigenvalue weighted by Gasteiger charge is -2.15. The number of halogens is 1. The molecule has 1 atom stereocenters. The van der Waals surface area contributed by atoms with Crippen LogP contribution in [0.25, 0.3) is 5.82 Å². The summed E-state index contributed by atoms with van der Waals surface area (Å²) in [7, 11) is 0. The number of nitrogens with one attached hydrogen (secondary N) is 1. The van der Waals surface area contributed by atoms with Gasteiger partial charge in [-0.25, -0.2) is 9.36 Å². The molecule has 1 aromatic carbocycles. The van der Waals surface area contributed by atoms with Crippen molar-refractivity contribution in [3.8, 4) is 5.82 Å². The van der Waals surface area contributed by atoms with Crippen LogP contribution < -0.4 is 10.9 Å². The van der Waals surface area contributed by atoms with Gasteiger partial charge in [0.2, 0.25) is 5.91 Å². The van der Waals surface area contributed by atoms with Gasteiger partial charge in [-0.15, -0.1) is 5.10 Å². The average Bonchev–Trinajstić information content (AvgIpc) is 2.95. The zero-order chi connectivity index (χ0) is 18.8. The van der Waals surface area contributed by atoms with Gasteiger partial charge in [0.1, 0.15) is 6.04 Å². The van der Waals surface area contributed by atoms with Gasteiger partial charge in [0.25, 0.3) is 5.56 Å². The monoisotopic (exact) mass is 371 g/mol. The summed E-state index contributed by atoms with van der Waals surface area (Å²) < 4.78 is 2.78. The first-order valence-corrected chi connectivity index (χ1v) is 8.43. The molecule has 0 aliphatic heterocycles. The van der Waals surface area contributed by atoms with Crippen LogP contribution in [0.4, 0.5) is 5.69 Å². The number of hydrogen-bond donors (Lipinski definition) is 1. The molecule has 2 heterocycles. The Bertz CT molecular complexity index is 1010. The van der Waals surface area contributed by atoms with Crippen molar-refractivity contribution in [3.05, 3.63) is 69.2 Å². The van der Waals surface area contributed by atoms with Crippen molar-refractivity contribution in [2.75, 3.05) is 5.32 Å². The van der Waals surface area contributed by atoms with Crippen molar-refractivity contribution in [2.45, 2.75) is 26.8 Å². The zero-order valence-electron chi connectivity index (χ0n) is 14.6. The molecule has 0 fully saturated rings. The maximum atomic E-state index is 12.5. The number of aromatic nitrogens is 4. The Hall–Kier alpha value is -2.93. The summed E-state index contributed by atoms with van der Waals surface area (Å²) >= 11 is 5.84. The van der Waals surface area contributed by atoms with Crippen LogP contribution in [0, 0.1) is 13.8 Å². The number of benzene rings is 1. The van der Waals surface area contributed by atoms with Crippen LogP contribution in [0.2, 0.25) is 5.02 Å². The Morgan fingerprint density at radius 3 is 2.42 bits per heavy atom. The lowest BCUT2D eigenvalue weighted by Crippen LogP contribution is -2.33. The number of nitrogens with zero attached hydrogens (tertiary/aromatic N) is 4. The number of carbonyl (C=O) groups is 1. The predicted molar refractivity (Wildman–Crippen MR) is 99.9 cm³/mol. The second-order valence-corrected chi connectivity index (χ2v) is 6.42. The van der Waals surface area contributed by atoms with E-state index in [1.807, 2.05) is 19.9 Å². The Balaban J connectivity index is 1.88. The zero-order valence-corrected chi connectivity index (χ0v) is 15.4. The van der Waals surface area contributed by atoms with Crippen molar-refractivity contribution in [1.82, 2.24) is 19.6 Å². The van der Waals surface area contributed by atoms with E-state index >= 15 is 0 Å². The lowest BCUT2D eigenvalue weighted by atomic mass is 10.2. The maximum Gasteiger partial charge on any atom is 0.267 e. The third-order valence-corrected chi connectivity index (χ3v) is 4.15. The molecule has 0 radical (unpaired) electrons. The molecule has 3 aromatic rings.